The van der Waals surface area contributed by atoms with Gasteiger partial charge in [0.15, 0.2) is 0 Å². The minimum atomic E-state index is -1.25. The number of carbonyl (C=O) groups is 1. The molecule has 0 bridgehead atoms. The number of rotatable bonds is 3. The van der Waals surface area contributed by atoms with Crippen LogP contribution in [0, 0.1) is 4.91 Å². The normalized spacial score (nSPS) is 9.09. The number of nitroso groups, excluding NO2 is 1. The van der Waals surface area contributed by atoms with E-state index in [1.807, 2.05) is 5.43 Å². The van der Waals surface area contributed by atoms with Crippen LogP contribution in [0.4, 0.5) is 5.95 Å². The van der Waals surface area contributed by atoms with Crippen LogP contribution >= 0.6 is 0 Å². The molecule has 8 nitrogen and oxygen atoms in total. The van der Waals surface area contributed by atoms with Crippen LogP contribution in [0.1, 0.15) is 10.6 Å². The number of anilines is 1. The Labute approximate surface area is 59.6 Å². The Morgan fingerprint density at radius 3 is 2.91 bits per heavy atom. The molecule has 0 atom stereocenters. The maximum absolute atomic E-state index is 10.1. The largest absolute Gasteiger partial charge is 0.475 e. The van der Waals surface area contributed by atoms with Gasteiger partial charge < -0.3 is 5.11 Å². The van der Waals surface area contributed by atoms with E-state index in [-0.39, 0.29) is 11.8 Å². The molecule has 58 valence electrons. The van der Waals surface area contributed by atoms with Gasteiger partial charge in [-0.3, -0.25) is 5.10 Å². The van der Waals surface area contributed by atoms with Crippen LogP contribution in [0.5, 0.6) is 0 Å². The monoisotopic (exact) mass is 157 g/mol. The molecule has 0 fully saturated rings. The number of hydrogen-bond acceptors (Lipinski definition) is 5. The molecule has 0 aliphatic carbocycles. The molecule has 0 aliphatic heterocycles. The first-order chi connectivity index (χ1) is 5.24. The summed E-state index contributed by atoms with van der Waals surface area (Å²) >= 11 is 0. The summed E-state index contributed by atoms with van der Waals surface area (Å²) in [6.45, 7) is 0. The van der Waals surface area contributed by atoms with Crippen molar-refractivity contribution in [3.63, 3.8) is 0 Å². The zero-order valence-electron chi connectivity index (χ0n) is 5.11. The molecule has 1 aromatic rings. The second-order valence-electron chi connectivity index (χ2n) is 1.52. The molecule has 1 heterocycles. The molecule has 1 rings (SSSR count). The third-order valence-corrected chi connectivity index (χ3v) is 0.834. The number of H-pyrrole nitrogens is 1. The summed E-state index contributed by atoms with van der Waals surface area (Å²) in [6.07, 6.45) is 0. The van der Waals surface area contributed by atoms with Crippen molar-refractivity contribution in [3.8, 4) is 0 Å². The van der Waals surface area contributed by atoms with E-state index >= 15 is 0 Å². The van der Waals surface area contributed by atoms with Crippen LogP contribution in [0.2, 0.25) is 0 Å². The van der Waals surface area contributed by atoms with E-state index in [0.717, 1.165) is 0 Å². The van der Waals surface area contributed by atoms with Crippen molar-refractivity contribution in [1.29, 1.82) is 0 Å². The standard InChI is InChI=1S/C3H3N5O3/c9-2(10)1-4-3(6-5-1)7-8-11/h(H,9,10)(H2,4,5,6,7,11). The van der Waals surface area contributed by atoms with Gasteiger partial charge in [0, 0.05) is 0 Å². The molecule has 0 unspecified atom stereocenters. The van der Waals surface area contributed by atoms with E-state index in [1.165, 1.54) is 0 Å². The van der Waals surface area contributed by atoms with Gasteiger partial charge in [0.2, 0.25) is 5.82 Å². The van der Waals surface area contributed by atoms with Crippen molar-refractivity contribution in [2.24, 2.45) is 5.29 Å². The Morgan fingerprint density at radius 1 is 1.73 bits per heavy atom. The van der Waals surface area contributed by atoms with Gasteiger partial charge in [-0.05, 0) is 0 Å². The lowest BCUT2D eigenvalue weighted by atomic mass is 10.6. The molecule has 3 N–H and O–H groups in total. The lowest BCUT2D eigenvalue weighted by Crippen LogP contribution is -1.98. The first-order valence-electron chi connectivity index (χ1n) is 2.48. The predicted octanol–water partition coefficient (Wildman–Crippen LogP) is -0.404. The summed E-state index contributed by atoms with van der Waals surface area (Å²) in [4.78, 5) is 23.0. The Bertz CT molecular complexity index is 280. The highest BCUT2D eigenvalue weighted by Crippen LogP contribution is 1.96. The van der Waals surface area contributed by atoms with Crippen molar-refractivity contribution >= 4 is 11.9 Å². The fourth-order valence-corrected chi connectivity index (χ4v) is 0.448. The fraction of sp³-hybridized carbons (Fsp3) is 0. The Balaban J connectivity index is 2.81. The Hall–Kier alpha value is -1.99. The molecule has 0 spiro atoms. The van der Waals surface area contributed by atoms with Gasteiger partial charge in [0.25, 0.3) is 5.95 Å². The molecule has 0 aliphatic rings. The maximum Gasteiger partial charge on any atom is 0.373 e. The van der Waals surface area contributed by atoms with Crippen LogP contribution < -0.4 is 5.43 Å². The first kappa shape index (κ1) is 7.12. The minimum Gasteiger partial charge on any atom is -0.475 e. The number of nitrogens with one attached hydrogen (secondary N) is 2. The maximum atomic E-state index is 10.1. The van der Waals surface area contributed by atoms with Gasteiger partial charge in [-0.2, -0.15) is 4.98 Å². The number of hydrogen-bond donors (Lipinski definition) is 3. The topological polar surface area (TPSA) is 120 Å². The molecule has 0 radical (unpaired) electrons. The summed E-state index contributed by atoms with van der Waals surface area (Å²) in [5.41, 5.74) is 1.84. The number of carboxylic acid groups (broad SMARTS) is 1. The van der Waals surface area contributed by atoms with Crippen molar-refractivity contribution in [2.45, 2.75) is 0 Å². The number of aromatic amines is 1. The zero-order chi connectivity index (χ0) is 8.27. The van der Waals surface area contributed by atoms with Gasteiger partial charge in [-0.1, -0.05) is 0 Å². The molecular weight excluding hydrogens is 154 g/mol. The van der Waals surface area contributed by atoms with Crippen LogP contribution in [0.15, 0.2) is 5.29 Å². The molecule has 0 saturated carbocycles. The Morgan fingerprint density at radius 2 is 2.45 bits per heavy atom. The molecule has 0 saturated heterocycles. The van der Waals surface area contributed by atoms with Gasteiger partial charge in [-0.15, -0.1) is 10.0 Å². The van der Waals surface area contributed by atoms with Crippen molar-refractivity contribution < 1.29 is 9.90 Å². The quantitative estimate of drug-likeness (QED) is 0.405. The van der Waals surface area contributed by atoms with Crippen LogP contribution in [-0.2, 0) is 0 Å². The number of aromatic carboxylic acids is 1. The lowest BCUT2D eigenvalue weighted by molar-refractivity contribution is 0.0684. The van der Waals surface area contributed by atoms with Gasteiger partial charge in [0.1, 0.15) is 0 Å². The predicted molar refractivity (Wildman–Crippen MR) is 32.8 cm³/mol. The molecule has 1 aromatic heterocycles. The average molecular weight is 157 g/mol. The highest BCUT2D eigenvalue weighted by Gasteiger charge is 2.08. The summed E-state index contributed by atoms with van der Waals surface area (Å²) in [5, 5.41) is 15.9. The van der Waals surface area contributed by atoms with Crippen LogP contribution in [0.3, 0.4) is 0 Å². The van der Waals surface area contributed by atoms with E-state index in [4.69, 9.17) is 5.11 Å². The summed E-state index contributed by atoms with van der Waals surface area (Å²) in [6, 6.07) is 0. The minimum absolute atomic E-state index is 0.169. The van der Waals surface area contributed by atoms with E-state index in [0.29, 0.717) is 0 Å². The summed E-state index contributed by atoms with van der Waals surface area (Å²) < 4.78 is 0. The molecule has 0 aromatic carbocycles. The molecule has 11 heavy (non-hydrogen) atoms. The van der Waals surface area contributed by atoms with Crippen molar-refractivity contribution in [3.05, 3.63) is 10.7 Å². The molecule has 0 amide bonds. The third kappa shape index (κ3) is 1.47. The highest BCUT2D eigenvalue weighted by molar-refractivity contribution is 5.83. The first-order valence-corrected chi connectivity index (χ1v) is 2.48. The van der Waals surface area contributed by atoms with Crippen LogP contribution in [0.25, 0.3) is 0 Å². The molecular formula is C3H3N5O3. The van der Waals surface area contributed by atoms with E-state index < -0.39 is 5.97 Å². The van der Waals surface area contributed by atoms with E-state index in [2.05, 4.69) is 20.5 Å². The van der Waals surface area contributed by atoms with E-state index in [9.17, 15) is 9.70 Å². The van der Waals surface area contributed by atoms with E-state index in [1.54, 1.807) is 0 Å². The van der Waals surface area contributed by atoms with Gasteiger partial charge in [-0.25, -0.2) is 10.2 Å². The Kier molecular flexibility index (Phi) is 1.77. The second kappa shape index (κ2) is 2.73. The number of nitrogens with zero attached hydrogens (tertiary/aromatic N) is 3. The van der Waals surface area contributed by atoms with Crippen LogP contribution in [-0.4, -0.2) is 26.3 Å². The highest BCUT2D eigenvalue weighted by atomic mass is 16.4. The third-order valence-electron chi connectivity index (χ3n) is 0.834. The van der Waals surface area contributed by atoms with Crippen molar-refractivity contribution in [2.75, 3.05) is 5.43 Å². The number of aromatic nitrogens is 3. The average Bonchev–Trinajstić information content (AvgIpc) is 2.37. The number of carboxylic acids is 1. The van der Waals surface area contributed by atoms with Crippen molar-refractivity contribution in [1.82, 2.24) is 15.2 Å². The summed E-state index contributed by atoms with van der Waals surface area (Å²) in [7, 11) is 0. The smallest absolute Gasteiger partial charge is 0.373 e. The zero-order valence-corrected chi connectivity index (χ0v) is 5.11. The molecule has 8 heteroatoms. The second-order valence-corrected chi connectivity index (χ2v) is 1.52. The van der Waals surface area contributed by atoms with Gasteiger partial charge in [0.05, 0.1) is 5.29 Å². The SMILES string of the molecule is O=NNc1n[nH]c(C(=O)O)n1. The lowest BCUT2D eigenvalue weighted by Gasteiger charge is -1.81. The summed E-state index contributed by atoms with van der Waals surface area (Å²) in [5.74, 6) is -1.77. The van der Waals surface area contributed by atoms with Gasteiger partial charge >= 0.3 is 5.97 Å². The fourth-order valence-electron chi connectivity index (χ4n) is 0.448.